The van der Waals surface area contributed by atoms with Crippen LogP contribution in [0.1, 0.15) is 400 Å². The zero-order valence-corrected chi connectivity index (χ0v) is 65.6. The van der Waals surface area contributed by atoms with E-state index in [0.29, 0.717) is 69.6 Å². The van der Waals surface area contributed by atoms with Gasteiger partial charge in [0, 0.05) is 69.4 Å². The van der Waals surface area contributed by atoms with Gasteiger partial charge in [-0.15, -0.1) is 0 Å². The summed E-state index contributed by atoms with van der Waals surface area (Å²) in [6, 6.07) is 4.10. The first kappa shape index (κ1) is 91.6. The van der Waals surface area contributed by atoms with Gasteiger partial charge < -0.3 is 33.9 Å². The van der Waals surface area contributed by atoms with Gasteiger partial charge in [-0.2, -0.15) is 0 Å². The molecule has 1 N–H and O–H groups in total. The van der Waals surface area contributed by atoms with Crippen LogP contribution in [0.15, 0.2) is 24.5 Å². The normalized spacial score (nSPS) is 11.8. The van der Waals surface area contributed by atoms with Gasteiger partial charge in [0.05, 0.1) is 32.0 Å². The highest BCUT2D eigenvalue weighted by Gasteiger charge is 2.32. The molecule has 0 saturated heterocycles. The van der Waals surface area contributed by atoms with Crippen molar-refractivity contribution in [1.82, 2.24) is 9.80 Å². The number of aliphatic hydroxyl groups excluding tert-OH is 1. The highest BCUT2D eigenvalue weighted by molar-refractivity contribution is 5.79. The SMILES string of the molecule is C=C(CCCCCCCCN(CCCCCCCCC(=O)OCCC(CCCCC)CCCCC)C(=O)CC(C)(C)c1c(C)cc(C)cc1OC(=O)CCN(CCCO)CCCCCCCCC(=O)OCCC(CCCCC)CCCCC)OCCC(CCCCC)CCCCC. The molecule has 11 nitrogen and oxygen atoms in total. The van der Waals surface area contributed by atoms with Gasteiger partial charge in [-0.1, -0.05) is 299 Å². The summed E-state index contributed by atoms with van der Waals surface area (Å²) >= 11 is 0. The molecule has 1 amide bonds. The maximum atomic E-state index is 14.7. The van der Waals surface area contributed by atoms with E-state index in [2.05, 4.69) is 84.8 Å². The second-order valence-corrected chi connectivity index (χ2v) is 30.4. The molecule has 0 bridgehead atoms. The number of rotatable bonds is 71. The molecule has 0 aromatic heterocycles. The van der Waals surface area contributed by atoms with Crippen LogP contribution in [0, 0.1) is 31.6 Å². The molecule has 0 spiro atoms. The monoisotopic (exact) mass is 1360 g/mol. The number of ether oxygens (including phenoxy) is 4. The van der Waals surface area contributed by atoms with E-state index in [1.807, 2.05) is 13.0 Å². The fourth-order valence-corrected chi connectivity index (χ4v) is 14.5. The van der Waals surface area contributed by atoms with Gasteiger partial charge in [0.2, 0.25) is 5.91 Å². The summed E-state index contributed by atoms with van der Waals surface area (Å²) in [7, 11) is 0. The number of benzene rings is 1. The van der Waals surface area contributed by atoms with Crippen LogP contribution in [-0.4, -0.2) is 97.9 Å². The van der Waals surface area contributed by atoms with Crippen molar-refractivity contribution in [2.75, 3.05) is 59.2 Å². The first-order chi connectivity index (χ1) is 47.1. The standard InChI is InChI=1S/C86H158N2O9/c1-12-18-36-50-77(51-37-19-13-2)59-68-94-76(9)49-42-30-24-28-34-46-64-88(65-47-35-29-26-32-44-57-83(92)96-70-61-79(54-40-22-16-5)55-41-23-17-6)81(90)73-86(10,11)85-75(8)71-74(7)72-80(85)97-84(93)58-66-87(63-48-67-89)62-45-33-27-25-31-43-56-82(91)95-69-60-78(52-38-20-14-3)53-39-21-15-4/h71-72,77-79,89H,9,12-70,73H2,1-8,10-11H3. The van der Waals surface area contributed by atoms with Crippen LogP contribution < -0.4 is 4.74 Å². The molecule has 0 saturated carbocycles. The first-order valence-electron chi connectivity index (χ1n) is 41.6. The number of carbonyl (C=O) groups excluding carboxylic acids is 4. The topological polar surface area (TPSA) is 132 Å². The molecule has 97 heavy (non-hydrogen) atoms. The number of allylic oxidation sites excluding steroid dienone is 1. The molecular formula is C86H158N2O9. The van der Waals surface area contributed by atoms with E-state index in [9.17, 15) is 24.3 Å². The van der Waals surface area contributed by atoms with Crippen molar-refractivity contribution in [3.8, 4) is 5.75 Å². The van der Waals surface area contributed by atoms with Crippen molar-refractivity contribution >= 4 is 23.8 Å². The number of amides is 1. The largest absolute Gasteiger partial charge is 0.499 e. The van der Waals surface area contributed by atoms with Gasteiger partial charge in [0.15, 0.2) is 0 Å². The summed E-state index contributed by atoms with van der Waals surface area (Å²) in [6.45, 7) is 31.8. The summed E-state index contributed by atoms with van der Waals surface area (Å²) in [6.07, 6.45) is 55.7. The molecule has 1 aromatic rings. The lowest BCUT2D eigenvalue weighted by atomic mass is 9.77. The zero-order chi connectivity index (χ0) is 71.3. The van der Waals surface area contributed by atoms with Crippen molar-refractivity contribution in [3.63, 3.8) is 0 Å². The third-order valence-electron chi connectivity index (χ3n) is 20.6. The zero-order valence-electron chi connectivity index (χ0n) is 65.6. The number of hydrogen-bond donors (Lipinski definition) is 1. The van der Waals surface area contributed by atoms with Crippen molar-refractivity contribution in [2.45, 2.75) is 402 Å². The Morgan fingerprint density at radius 2 is 0.773 bits per heavy atom. The Labute approximate surface area is 599 Å². The van der Waals surface area contributed by atoms with E-state index in [1.165, 1.54) is 161 Å². The number of nitrogens with zero attached hydrogens (tertiary/aromatic N) is 2. The van der Waals surface area contributed by atoms with Gasteiger partial charge in [0.1, 0.15) is 5.75 Å². The average Bonchev–Trinajstić information content (AvgIpc) is 0.792. The highest BCUT2D eigenvalue weighted by atomic mass is 16.5. The maximum Gasteiger partial charge on any atom is 0.312 e. The third-order valence-corrected chi connectivity index (χ3v) is 20.6. The molecule has 0 radical (unpaired) electrons. The minimum absolute atomic E-state index is 0.0520. The molecule has 1 rings (SSSR count). The smallest absolute Gasteiger partial charge is 0.312 e. The highest BCUT2D eigenvalue weighted by Crippen LogP contribution is 2.39. The van der Waals surface area contributed by atoms with E-state index < -0.39 is 5.41 Å². The lowest BCUT2D eigenvalue weighted by molar-refractivity contribution is -0.145. The average molecular weight is 1360 g/mol. The lowest BCUT2D eigenvalue weighted by Crippen LogP contribution is -2.37. The molecule has 1 aromatic carbocycles. The summed E-state index contributed by atoms with van der Waals surface area (Å²) in [5, 5.41) is 9.77. The minimum atomic E-state index is -0.602. The van der Waals surface area contributed by atoms with E-state index >= 15 is 0 Å². The second-order valence-electron chi connectivity index (χ2n) is 30.4. The number of hydrogen-bond acceptors (Lipinski definition) is 10. The molecule has 0 aliphatic rings. The van der Waals surface area contributed by atoms with Crippen molar-refractivity contribution in [1.29, 1.82) is 0 Å². The van der Waals surface area contributed by atoms with Crippen LogP contribution >= 0.6 is 0 Å². The van der Waals surface area contributed by atoms with Gasteiger partial charge in [-0.05, 0) is 120 Å². The number of aliphatic hydroxyl groups is 1. The number of esters is 3. The molecule has 0 aliphatic heterocycles. The Hall–Kier alpha value is -3.44. The van der Waals surface area contributed by atoms with Crippen molar-refractivity contribution in [3.05, 3.63) is 41.2 Å². The quantitative estimate of drug-likeness (QED) is 0.0291. The lowest BCUT2D eigenvalue weighted by Gasteiger charge is -2.32. The van der Waals surface area contributed by atoms with E-state index in [-0.39, 0.29) is 36.8 Å². The summed E-state index contributed by atoms with van der Waals surface area (Å²) in [5.74, 6) is 3.34. The minimum Gasteiger partial charge on any atom is -0.499 e. The molecule has 566 valence electrons. The molecule has 0 aliphatic carbocycles. The maximum absolute atomic E-state index is 14.7. The number of aryl methyl sites for hydroxylation is 2. The Morgan fingerprint density at radius 1 is 0.412 bits per heavy atom. The molecule has 0 heterocycles. The van der Waals surface area contributed by atoms with Crippen LogP contribution in [0.5, 0.6) is 5.75 Å². The van der Waals surface area contributed by atoms with E-state index in [4.69, 9.17) is 18.9 Å². The first-order valence-corrected chi connectivity index (χ1v) is 41.6. The predicted octanol–water partition coefficient (Wildman–Crippen LogP) is 24.1. The fraction of sp³-hybridized carbons (Fsp3) is 0.860. The number of unbranched alkanes of at least 4 members (excludes halogenated alkanes) is 27. The van der Waals surface area contributed by atoms with Crippen LogP contribution in [-0.2, 0) is 38.8 Å². The van der Waals surface area contributed by atoms with Crippen LogP contribution in [0.25, 0.3) is 0 Å². The second kappa shape index (κ2) is 63.5. The Morgan fingerprint density at radius 3 is 1.18 bits per heavy atom. The van der Waals surface area contributed by atoms with E-state index in [1.54, 1.807) is 0 Å². The third kappa shape index (κ3) is 51.4. The van der Waals surface area contributed by atoms with Crippen LogP contribution in [0.3, 0.4) is 0 Å². The van der Waals surface area contributed by atoms with Crippen molar-refractivity contribution in [2.24, 2.45) is 17.8 Å². The van der Waals surface area contributed by atoms with Gasteiger partial charge in [-0.25, -0.2) is 0 Å². The summed E-state index contributed by atoms with van der Waals surface area (Å²) < 4.78 is 23.9. The predicted molar refractivity (Wildman–Crippen MR) is 412 cm³/mol. The Balaban J connectivity index is 2.88. The molecule has 0 atom stereocenters. The summed E-state index contributed by atoms with van der Waals surface area (Å²) in [5.41, 5.74) is 2.33. The Kier molecular flexibility index (Phi) is 59.9. The van der Waals surface area contributed by atoms with Crippen molar-refractivity contribution < 1.29 is 43.2 Å². The molecular weight excluding hydrogens is 1200 g/mol. The van der Waals surface area contributed by atoms with Crippen LogP contribution in [0.2, 0.25) is 0 Å². The molecule has 11 heteroatoms. The number of carbonyl (C=O) groups is 4. The van der Waals surface area contributed by atoms with Crippen LogP contribution in [0.4, 0.5) is 0 Å². The summed E-state index contributed by atoms with van der Waals surface area (Å²) in [4.78, 5) is 58.3. The molecule has 0 unspecified atom stereocenters. The Bertz CT molecular complexity index is 1970. The fourth-order valence-electron chi connectivity index (χ4n) is 14.5. The van der Waals surface area contributed by atoms with Gasteiger partial charge in [0.25, 0.3) is 0 Å². The van der Waals surface area contributed by atoms with E-state index in [0.717, 1.165) is 189 Å². The van der Waals surface area contributed by atoms with Gasteiger partial charge in [-0.3, -0.25) is 19.2 Å². The molecule has 0 fully saturated rings. The van der Waals surface area contributed by atoms with Gasteiger partial charge >= 0.3 is 17.9 Å².